The van der Waals surface area contributed by atoms with Gasteiger partial charge in [-0.15, -0.1) is 0 Å². The second-order valence-corrected chi connectivity index (χ2v) is 6.31. The van der Waals surface area contributed by atoms with Crippen LogP contribution in [0.3, 0.4) is 0 Å². The van der Waals surface area contributed by atoms with Crippen molar-refractivity contribution in [1.82, 2.24) is 15.5 Å². The summed E-state index contributed by atoms with van der Waals surface area (Å²) in [5.74, 6) is -0.550. The maximum atomic E-state index is 13.0. The monoisotopic (exact) mass is 317 g/mol. The molecule has 0 saturated carbocycles. The van der Waals surface area contributed by atoms with Crippen LogP contribution in [0.2, 0.25) is 0 Å². The number of aliphatic hydroxyl groups is 1. The molecule has 0 fully saturated rings. The van der Waals surface area contributed by atoms with E-state index in [1.165, 1.54) is 29.8 Å². The van der Waals surface area contributed by atoms with Crippen LogP contribution in [0.1, 0.15) is 30.2 Å². The number of fused-ring (bicyclic) bond motifs is 1. The van der Waals surface area contributed by atoms with Crippen LogP contribution >= 0.6 is 0 Å². The first-order chi connectivity index (χ1) is 11.0. The van der Waals surface area contributed by atoms with Gasteiger partial charge in [0.05, 0.1) is 12.7 Å². The summed E-state index contributed by atoms with van der Waals surface area (Å²) in [4.78, 5) is 12.3. The zero-order chi connectivity index (χ0) is 16.4. The van der Waals surface area contributed by atoms with E-state index in [0.29, 0.717) is 12.0 Å². The normalized spacial score (nSPS) is 19.7. The number of aromatic nitrogens is 2. The maximum Gasteiger partial charge on any atom is 0.223 e. The van der Waals surface area contributed by atoms with Gasteiger partial charge in [-0.05, 0) is 43.0 Å². The number of amides is 1. The van der Waals surface area contributed by atoms with Gasteiger partial charge in [-0.1, -0.05) is 12.1 Å². The van der Waals surface area contributed by atoms with Crippen LogP contribution in [0, 0.1) is 11.7 Å². The Morgan fingerprint density at radius 2 is 2.22 bits per heavy atom. The summed E-state index contributed by atoms with van der Waals surface area (Å²) >= 11 is 0. The molecule has 1 aromatic heterocycles. The number of aromatic amines is 1. The highest BCUT2D eigenvalue weighted by Gasteiger charge is 2.29. The van der Waals surface area contributed by atoms with Crippen LogP contribution in [-0.2, 0) is 23.2 Å². The van der Waals surface area contributed by atoms with Crippen LogP contribution in [0.4, 0.5) is 4.39 Å². The lowest BCUT2D eigenvalue weighted by Gasteiger charge is -2.27. The highest BCUT2D eigenvalue weighted by molar-refractivity contribution is 5.79. The number of nitrogens with zero attached hydrogens (tertiary/aromatic N) is 1. The number of aryl methyl sites for hydroxylation is 1. The second kappa shape index (κ2) is 6.12. The molecule has 1 aliphatic carbocycles. The molecular weight excluding hydrogens is 297 g/mol. The average molecular weight is 317 g/mol. The van der Waals surface area contributed by atoms with Crippen LogP contribution in [0.15, 0.2) is 30.5 Å². The Hall–Kier alpha value is -2.21. The smallest absolute Gasteiger partial charge is 0.223 e. The molecule has 0 radical (unpaired) electrons. The number of halogens is 1. The molecule has 3 N–H and O–H groups in total. The van der Waals surface area contributed by atoms with Crippen molar-refractivity contribution in [2.45, 2.75) is 31.8 Å². The average Bonchev–Trinajstić information content (AvgIpc) is 3.00. The molecule has 0 bridgehead atoms. The Kier molecular flexibility index (Phi) is 4.17. The van der Waals surface area contributed by atoms with Gasteiger partial charge in [0.2, 0.25) is 5.91 Å². The number of H-pyrrole nitrogens is 1. The largest absolute Gasteiger partial charge is 0.384 e. The van der Waals surface area contributed by atoms with Gasteiger partial charge in [0, 0.05) is 18.0 Å². The predicted octanol–water partition coefficient (Wildman–Crippen LogP) is 1.68. The van der Waals surface area contributed by atoms with Gasteiger partial charge < -0.3 is 10.4 Å². The molecular formula is C17H20FN3O2. The van der Waals surface area contributed by atoms with Gasteiger partial charge >= 0.3 is 0 Å². The fraction of sp³-hybridized carbons (Fsp3) is 0.412. The van der Waals surface area contributed by atoms with Crippen molar-refractivity contribution < 1.29 is 14.3 Å². The van der Waals surface area contributed by atoms with Gasteiger partial charge in [-0.2, -0.15) is 5.10 Å². The Labute approximate surface area is 133 Å². The highest BCUT2D eigenvalue weighted by Crippen LogP contribution is 2.24. The molecule has 1 aliphatic rings. The topological polar surface area (TPSA) is 78.0 Å². The van der Waals surface area contributed by atoms with Gasteiger partial charge in [0.1, 0.15) is 11.4 Å². The molecule has 1 heterocycles. The molecule has 122 valence electrons. The first-order valence-corrected chi connectivity index (χ1v) is 7.73. The summed E-state index contributed by atoms with van der Waals surface area (Å²) in [6.07, 6.45) is 4.05. The molecule has 0 saturated heterocycles. The Balaban J connectivity index is 1.59. The fourth-order valence-electron chi connectivity index (χ4n) is 2.95. The van der Waals surface area contributed by atoms with Crippen LogP contribution < -0.4 is 5.32 Å². The van der Waals surface area contributed by atoms with E-state index in [-0.39, 0.29) is 24.2 Å². The van der Waals surface area contributed by atoms with Crippen LogP contribution in [-0.4, -0.2) is 27.8 Å². The molecule has 5 nitrogen and oxygen atoms in total. The first kappa shape index (κ1) is 15.7. The van der Waals surface area contributed by atoms with E-state index >= 15 is 0 Å². The Morgan fingerprint density at radius 1 is 1.48 bits per heavy atom. The standard InChI is InChI=1S/C17H20FN3O2/c1-17(23,13-4-6-14(18)7-5-13)10-19-16(22)11-2-3-12-9-20-21-15(12)8-11/h4-7,9,11,23H,2-3,8,10H2,1H3,(H,19,22)(H,20,21). The van der Waals surface area contributed by atoms with Crippen molar-refractivity contribution in [1.29, 1.82) is 0 Å². The maximum absolute atomic E-state index is 13.0. The van der Waals surface area contributed by atoms with Gasteiger partial charge in [0.25, 0.3) is 0 Å². The summed E-state index contributed by atoms with van der Waals surface area (Å²) in [6, 6.07) is 5.65. The van der Waals surface area contributed by atoms with Crippen molar-refractivity contribution in [2.75, 3.05) is 6.54 Å². The van der Waals surface area contributed by atoms with Crippen molar-refractivity contribution in [2.24, 2.45) is 5.92 Å². The minimum absolute atomic E-state index is 0.0763. The Morgan fingerprint density at radius 3 is 2.96 bits per heavy atom. The number of carbonyl (C=O) groups excluding carboxylic acids is 1. The predicted molar refractivity (Wildman–Crippen MR) is 83.1 cm³/mol. The van der Waals surface area contributed by atoms with Crippen LogP contribution in [0.5, 0.6) is 0 Å². The molecule has 1 amide bonds. The lowest BCUT2D eigenvalue weighted by Crippen LogP contribution is -2.42. The van der Waals surface area contributed by atoms with Crippen molar-refractivity contribution in [3.63, 3.8) is 0 Å². The Bertz CT molecular complexity index is 694. The summed E-state index contributed by atoms with van der Waals surface area (Å²) < 4.78 is 13.0. The van der Waals surface area contributed by atoms with Gasteiger partial charge in [0.15, 0.2) is 0 Å². The summed E-state index contributed by atoms with van der Waals surface area (Å²) in [5.41, 5.74) is 1.52. The zero-order valence-electron chi connectivity index (χ0n) is 13.0. The van der Waals surface area contributed by atoms with Gasteiger partial charge in [-0.25, -0.2) is 4.39 Å². The first-order valence-electron chi connectivity index (χ1n) is 7.73. The van der Waals surface area contributed by atoms with E-state index in [2.05, 4.69) is 15.5 Å². The highest BCUT2D eigenvalue weighted by atomic mass is 19.1. The third kappa shape index (κ3) is 3.42. The lowest BCUT2D eigenvalue weighted by molar-refractivity contribution is -0.126. The SMILES string of the molecule is CC(O)(CNC(=O)C1CCc2cn[nH]c2C1)c1ccc(F)cc1. The number of benzene rings is 1. The molecule has 2 atom stereocenters. The minimum atomic E-state index is -1.24. The van der Waals surface area contributed by atoms with E-state index in [9.17, 15) is 14.3 Å². The van der Waals surface area contributed by atoms with Crippen molar-refractivity contribution >= 4 is 5.91 Å². The minimum Gasteiger partial charge on any atom is -0.384 e. The van der Waals surface area contributed by atoms with Gasteiger partial charge in [-0.3, -0.25) is 9.89 Å². The van der Waals surface area contributed by atoms with Crippen molar-refractivity contribution in [3.8, 4) is 0 Å². The summed E-state index contributed by atoms with van der Waals surface area (Å²) in [5, 5.41) is 20.2. The number of hydrogen-bond acceptors (Lipinski definition) is 3. The number of rotatable bonds is 4. The fourth-order valence-corrected chi connectivity index (χ4v) is 2.95. The van der Waals surface area contributed by atoms with E-state index in [4.69, 9.17) is 0 Å². The van der Waals surface area contributed by atoms with E-state index in [1.54, 1.807) is 6.92 Å². The third-order valence-corrected chi connectivity index (χ3v) is 4.46. The number of carbonyl (C=O) groups is 1. The van der Waals surface area contributed by atoms with Crippen LogP contribution in [0.25, 0.3) is 0 Å². The van der Waals surface area contributed by atoms with E-state index in [0.717, 1.165) is 18.5 Å². The summed E-state index contributed by atoms with van der Waals surface area (Å²) in [7, 11) is 0. The third-order valence-electron chi connectivity index (χ3n) is 4.46. The molecule has 6 heteroatoms. The molecule has 23 heavy (non-hydrogen) atoms. The number of hydrogen-bond donors (Lipinski definition) is 3. The molecule has 1 aromatic carbocycles. The molecule has 2 aromatic rings. The molecule has 2 unspecified atom stereocenters. The molecule has 0 aliphatic heterocycles. The van der Waals surface area contributed by atoms with E-state index < -0.39 is 5.60 Å². The lowest BCUT2D eigenvalue weighted by atomic mass is 9.87. The molecule has 0 spiro atoms. The summed E-state index contributed by atoms with van der Waals surface area (Å²) in [6.45, 7) is 1.69. The van der Waals surface area contributed by atoms with E-state index in [1.807, 2.05) is 6.20 Å². The quantitative estimate of drug-likeness (QED) is 0.803. The van der Waals surface area contributed by atoms with Crippen molar-refractivity contribution in [3.05, 3.63) is 53.1 Å². The molecule has 3 rings (SSSR count). The second-order valence-electron chi connectivity index (χ2n) is 6.31. The zero-order valence-corrected chi connectivity index (χ0v) is 13.0. The number of nitrogens with one attached hydrogen (secondary N) is 2.